The smallest absolute Gasteiger partial charge is 0.224 e. The van der Waals surface area contributed by atoms with Crippen molar-refractivity contribution in [3.63, 3.8) is 0 Å². The van der Waals surface area contributed by atoms with Crippen molar-refractivity contribution < 1.29 is 9.47 Å². The molecule has 6 nitrogen and oxygen atoms in total. The van der Waals surface area contributed by atoms with Gasteiger partial charge in [-0.25, -0.2) is 4.98 Å². The fourth-order valence-electron chi connectivity index (χ4n) is 3.46. The minimum absolute atomic E-state index is 0.352. The topological polar surface area (TPSA) is 59.5 Å². The number of piperidine rings is 1. The Balaban J connectivity index is 1.39. The normalized spacial score (nSPS) is 19.3. The summed E-state index contributed by atoms with van der Waals surface area (Å²) in [5.74, 6) is 1.26. The van der Waals surface area contributed by atoms with Crippen molar-refractivity contribution in [1.29, 1.82) is 0 Å². The number of nitrogens with one attached hydrogen (secondary N) is 1. The van der Waals surface area contributed by atoms with Crippen LogP contribution in [0.5, 0.6) is 0 Å². The van der Waals surface area contributed by atoms with Crippen LogP contribution in [0.1, 0.15) is 24.0 Å². The summed E-state index contributed by atoms with van der Waals surface area (Å²) in [4.78, 5) is 11.3. The van der Waals surface area contributed by atoms with Crippen molar-refractivity contribution in [3.05, 3.63) is 47.7 Å². The van der Waals surface area contributed by atoms with Gasteiger partial charge < -0.3 is 19.7 Å². The molecule has 0 radical (unpaired) electrons. The van der Waals surface area contributed by atoms with Gasteiger partial charge in [-0.2, -0.15) is 4.98 Å². The molecule has 0 atom stereocenters. The lowest BCUT2D eigenvalue weighted by atomic mass is 10.0. The summed E-state index contributed by atoms with van der Waals surface area (Å²) in [5.41, 5.74) is 2.52. The number of nitrogens with zero attached hydrogens (tertiary/aromatic N) is 3. The summed E-state index contributed by atoms with van der Waals surface area (Å²) in [6.07, 6.45) is 3.57. The van der Waals surface area contributed by atoms with Crippen LogP contribution in [0.4, 0.5) is 11.8 Å². The highest BCUT2D eigenvalue weighted by Gasteiger charge is 2.40. The second-order valence-corrected chi connectivity index (χ2v) is 6.61. The van der Waals surface area contributed by atoms with Gasteiger partial charge in [0.25, 0.3) is 0 Å². The minimum Gasteiger partial charge on any atom is -0.356 e. The molecule has 132 valence electrons. The SMILES string of the molecule is Cc1ccccc1CNc1nccc(N2CCC3(CC2)OCCO3)n1. The zero-order valence-electron chi connectivity index (χ0n) is 14.6. The minimum atomic E-state index is -0.352. The molecule has 25 heavy (non-hydrogen) atoms. The van der Waals surface area contributed by atoms with Gasteiger partial charge in [-0.1, -0.05) is 24.3 Å². The van der Waals surface area contributed by atoms with Crippen molar-refractivity contribution in [2.24, 2.45) is 0 Å². The monoisotopic (exact) mass is 340 g/mol. The molecule has 6 heteroatoms. The zero-order chi connectivity index (χ0) is 17.1. The van der Waals surface area contributed by atoms with Gasteiger partial charge in [-0.3, -0.25) is 0 Å². The van der Waals surface area contributed by atoms with Crippen LogP contribution in [0.15, 0.2) is 36.5 Å². The average Bonchev–Trinajstić information content (AvgIpc) is 3.10. The Bertz CT molecular complexity index is 721. The molecular formula is C19H24N4O2. The Morgan fingerprint density at radius 1 is 1.12 bits per heavy atom. The molecule has 1 aromatic heterocycles. The predicted octanol–water partition coefficient (Wildman–Crippen LogP) is 2.74. The molecule has 1 spiro atoms. The Hall–Kier alpha value is -2.18. The molecule has 2 aromatic rings. The van der Waals surface area contributed by atoms with E-state index in [9.17, 15) is 0 Å². The molecule has 2 aliphatic rings. The van der Waals surface area contributed by atoms with Crippen molar-refractivity contribution >= 4 is 11.8 Å². The summed E-state index contributed by atoms with van der Waals surface area (Å²) >= 11 is 0. The van der Waals surface area contributed by atoms with Gasteiger partial charge in [-0.05, 0) is 24.1 Å². The number of anilines is 2. The molecule has 0 amide bonds. The van der Waals surface area contributed by atoms with E-state index in [1.165, 1.54) is 11.1 Å². The van der Waals surface area contributed by atoms with E-state index in [0.717, 1.165) is 38.3 Å². The van der Waals surface area contributed by atoms with Gasteiger partial charge >= 0.3 is 0 Å². The Labute approximate surface area is 148 Å². The largest absolute Gasteiger partial charge is 0.356 e. The first-order valence-corrected chi connectivity index (χ1v) is 8.88. The van der Waals surface area contributed by atoms with Gasteiger partial charge in [0.05, 0.1) is 13.2 Å². The molecule has 1 N–H and O–H groups in total. The van der Waals surface area contributed by atoms with Gasteiger partial charge in [0.1, 0.15) is 5.82 Å². The van der Waals surface area contributed by atoms with E-state index in [-0.39, 0.29) is 5.79 Å². The van der Waals surface area contributed by atoms with E-state index in [0.29, 0.717) is 19.2 Å². The maximum absolute atomic E-state index is 5.79. The summed E-state index contributed by atoms with van der Waals surface area (Å²) < 4.78 is 11.6. The fraction of sp³-hybridized carbons (Fsp3) is 0.474. The third kappa shape index (κ3) is 3.60. The highest BCUT2D eigenvalue weighted by atomic mass is 16.7. The first kappa shape index (κ1) is 16.3. The predicted molar refractivity (Wildman–Crippen MR) is 96.6 cm³/mol. The van der Waals surface area contributed by atoms with Crippen LogP contribution < -0.4 is 10.2 Å². The van der Waals surface area contributed by atoms with Crippen molar-refractivity contribution in [2.45, 2.75) is 32.1 Å². The van der Waals surface area contributed by atoms with E-state index >= 15 is 0 Å². The molecule has 2 saturated heterocycles. The van der Waals surface area contributed by atoms with E-state index in [4.69, 9.17) is 9.47 Å². The second kappa shape index (κ2) is 6.98. The number of ether oxygens (including phenoxy) is 2. The highest BCUT2D eigenvalue weighted by molar-refractivity contribution is 5.43. The number of aryl methyl sites for hydroxylation is 1. The third-order valence-electron chi connectivity index (χ3n) is 5.00. The molecule has 4 rings (SSSR count). The first-order valence-electron chi connectivity index (χ1n) is 8.88. The summed E-state index contributed by atoms with van der Waals surface area (Å²) in [5, 5.41) is 3.33. The van der Waals surface area contributed by atoms with Gasteiger partial charge in [-0.15, -0.1) is 0 Å². The van der Waals surface area contributed by atoms with E-state index in [1.807, 2.05) is 12.3 Å². The molecule has 0 aliphatic carbocycles. The average molecular weight is 340 g/mol. The fourth-order valence-corrected chi connectivity index (χ4v) is 3.46. The van der Waals surface area contributed by atoms with Crippen LogP contribution in [0.2, 0.25) is 0 Å². The number of aromatic nitrogens is 2. The number of hydrogen-bond donors (Lipinski definition) is 1. The molecule has 2 aliphatic heterocycles. The lowest BCUT2D eigenvalue weighted by Crippen LogP contribution is -2.45. The van der Waals surface area contributed by atoms with Crippen LogP contribution in [-0.4, -0.2) is 42.1 Å². The number of rotatable bonds is 4. The molecule has 0 bridgehead atoms. The van der Waals surface area contributed by atoms with Gasteiger partial charge in [0.15, 0.2) is 5.79 Å². The van der Waals surface area contributed by atoms with Crippen LogP contribution in [0.25, 0.3) is 0 Å². The first-order chi connectivity index (χ1) is 12.2. The number of benzene rings is 1. The molecule has 0 saturated carbocycles. The third-order valence-corrected chi connectivity index (χ3v) is 5.00. The molecule has 1 aromatic carbocycles. The molecule has 3 heterocycles. The summed E-state index contributed by atoms with van der Waals surface area (Å²) in [7, 11) is 0. The summed E-state index contributed by atoms with van der Waals surface area (Å²) in [6.45, 7) is 6.02. The van der Waals surface area contributed by atoms with Gasteiger partial charge in [0.2, 0.25) is 5.95 Å². The quantitative estimate of drug-likeness (QED) is 0.923. The standard InChI is InChI=1S/C19H24N4O2/c1-15-4-2-3-5-16(15)14-21-18-20-9-6-17(22-18)23-10-7-19(8-11-23)24-12-13-25-19/h2-6,9H,7-8,10-14H2,1H3,(H,20,21,22). The lowest BCUT2D eigenvalue weighted by Gasteiger charge is -2.38. The molecular weight excluding hydrogens is 316 g/mol. The molecule has 2 fully saturated rings. The van der Waals surface area contributed by atoms with Crippen LogP contribution >= 0.6 is 0 Å². The van der Waals surface area contributed by atoms with Crippen molar-refractivity contribution in [1.82, 2.24) is 9.97 Å². The lowest BCUT2D eigenvalue weighted by molar-refractivity contribution is -0.169. The van der Waals surface area contributed by atoms with Crippen LogP contribution in [0.3, 0.4) is 0 Å². The zero-order valence-corrected chi connectivity index (χ0v) is 14.6. The maximum atomic E-state index is 5.79. The Morgan fingerprint density at radius 2 is 1.88 bits per heavy atom. The Morgan fingerprint density at radius 3 is 2.64 bits per heavy atom. The van der Waals surface area contributed by atoms with Crippen molar-refractivity contribution in [3.8, 4) is 0 Å². The van der Waals surface area contributed by atoms with E-state index < -0.39 is 0 Å². The maximum Gasteiger partial charge on any atom is 0.224 e. The molecule has 0 unspecified atom stereocenters. The highest BCUT2D eigenvalue weighted by Crippen LogP contribution is 2.32. The second-order valence-electron chi connectivity index (χ2n) is 6.61. The van der Waals surface area contributed by atoms with Gasteiger partial charge in [0, 0.05) is 38.7 Å². The van der Waals surface area contributed by atoms with Crippen molar-refractivity contribution in [2.75, 3.05) is 36.5 Å². The van der Waals surface area contributed by atoms with Crippen LogP contribution in [0, 0.1) is 6.92 Å². The summed E-state index contributed by atoms with van der Waals surface area (Å²) in [6, 6.07) is 10.3. The number of hydrogen-bond acceptors (Lipinski definition) is 6. The van der Waals surface area contributed by atoms with E-state index in [1.54, 1.807) is 0 Å². The van der Waals surface area contributed by atoms with E-state index in [2.05, 4.69) is 51.4 Å². The van der Waals surface area contributed by atoms with Crippen LogP contribution in [-0.2, 0) is 16.0 Å². The Kier molecular flexibility index (Phi) is 4.55.